The molecule has 0 bridgehead atoms. The van der Waals surface area contributed by atoms with Gasteiger partial charge in [0.05, 0.1) is 0 Å². The Labute approximate surface area is 162 Å². The highest BCUT2D eigenvalue weighted by Gasteiger charge is 2.24. The summed E-state index contributed by atoms with van der Waals surface area (Å²) in [6.07, 6.45) is 0.367. The fourth-order valence-corrected chi connectivity index (χ4v) is 3.43. The summed E-state index contributed by atoms with van der Waals surface area (Å²) in [7, 11) is 0. The van der Waals surface area contributed by atoms with Crippen LogP contribution >= 0.6 is 0 Å². The van der Waals surface area contributed by atoms with Crippen LogP contribution in [0.15, 0.2) is 42.5 Å². The van der Waals surface area contributed by atoms with Crippen LogP contribution in [0.5, 0.6) is 0 Å². The minimum absolute atomic E-state index is 0.182. The number of tetrazole rings is 1. The van der Waals surface area contributed by atoms with E-state index >= 15 is 0 Å². The summed E-state index contributed by atoms with van der Waals surface area (Å²) in [5.41, 5.74) is 4.45. The number of hydrogen-bond donors (Lipinski definition) is 2. The molecule has 1 amide bonds. The largest absolute Gasteiger partial charge is 0.350 e. The number of aromatic nitrogens is 4. The summed E-state index contributed by atoms with van der Waals surface area (Å²) in [6, 6.07) is 11.7. The Kier molecular flexibility index (Phi) is 5.12. The Morgan fingerprint density at radius 3 is 2.68 bits per heavy atom. The number of aryl methyl sites for hydroxylation is 1. The topological polar surface area (TPSA) is 84.7 Å². The lowest BCUT2D eigenvalue weighted by Gasteiger charge is -2.18. The molecule has 1 atom stereocenters. The van der Waals surface area contributed by atoms with Crippen LogP contribution in [0, 0.1) is 12.7 Å². The third kappa shape index (κ3) is 3.91. The second-order valence-corrected chi connectivity index (χ2v) is 6.94. The van der Waals surface area contributed by atoms with Crippen molar-refractivity contribution < 1.29 is 9.18 Å². The number of carbonyl (C=O) groups is 1. The van der Waals surface area contributed by atoms with Gasteiger partial charge in [-0.2, -0.15) is 0 Å². The molecule has 2 aromatic carbocycles. The molecule has 0 saturated heterocycles. The minimum atomic E-state index is -0.614. The molecular formula is C20H21FN6O. The molecule has 2 heterocycles. The molecule has 0 spiro atoms. The van der Waals surface area contributed by atoms with Crippen molar-refractivity contribution in [2.75, 3.05) is 0 Å². The van der Waals surface area contributed by atoms with Gasteiger partial charge in [0.15, 0.2) is 0 Å². The van der Waals surface area contributed by atoms with Crippen LogP contribution in [-0.4, -0.2) is 26.1 Å². The van der Waals surface area contributed by atoms with Gasteiger partial charge in [-0.1, -0.05) is 30.3 Å². The van der Waals surface area contributed by atoms with Gasteiger partial charge in [0.2, 0.25) is 5.91 Å². The van der Waals surface area contributed by atoms with Crippen LogP contribution in [-0.2, 0) is 30.8 Å². The molecule has 7 nitrogen and oxygen atoms in total. The Bertz CT molecular complexity index is 985. The molecule has 1 aromatic heterocycles. The van der Waals surface area contributed by atoms with Crippen molar-refractivity contribution in [3.05, 3.63) is 76.4 Å². The Morgan fingerprint density at radius 1 is 1.18 bits per heavy atom. The van der Waals surface area contributed by atoms with Crippen molar-refractivity contribution in [2.45, 2.75) is 39.0 Å². The first-order valence-corrected chi connectivity index (χ1v) is 9.18. The highest BCUT2D eigenvalue weighted by molar-refractivity contribution is 5.80. The first-order chi connectivity index (χ1) is 13.6. The van der Waals surface area contributed by atoms with Gasteiger partial charge in [-0.3, -0.25) is 4.79 Å². The first kappa shape index (κ1) is 18.2. The molecule has 1 aliphatic heterocycles. The zero-order valence-corrected chi connectivity index (χ0v) is 15.5. The summed E-state index contributed by atoms with van der Waals surface area (Å²) in [4.78, 5) is 13.0. The van der Waals surface area contributed by atoms with Gasteiger partial charge in [-0.15, -0.1) is 5.10 Å². The van der Waals surface area contributed by atoms with Gasteiger partial charge in [0.1, 0.15) is 17.7 Å². The fourth-order valence-electron chi connectivity index (χ4n) is 3.43. The highest BCUT2D eigenvalue weighted by atomic mass is 19.1. The molecule has 0 fully saturated rings. The van der Waals surface area contributed by atoms with Crippen LogP contribution in [0.25, 0.3) is 0 Å². The molecular weight excluding hydrogens is 359 g/mol. The van der Waals surface area contributed by atoms with E-state index in [0.29, 0.717) is 18.8 Å². The lowest BCUT2D eigenvalue weighted by molar-refractivity contribution is -0.124. The van der Waals surface area contributed by atoms with Crippen molar-refractivity contribution in [1.82, 2.24) is 30.8 Å². The molecule has 144 valence electrons. The van der Waals surface area contributed by atoms with Crippen molar-refractivity contribution in [2.24, 2.45) is 0 Å². The summed E-state index contributed by atoms with van der Waals surface area (Å²) >= 11 is 0. The predicted molar refractivity (Wildman–Crippen MR) is 101 cm³/mol. The molecule has 4 rings (SSSR count). The number of nitrogens with zero attached hydrogens (tertiary/aromatic N) is 4. The molecule has 0 radical (unpaired) electrons. The summed E-state index contributed by atoms with van der Waals surface area (Å²) < 4.78 is 14.7. The first-order valence-electron chi connectivity index (χ1n) is 9.18. The molecule has 1 aliphatic rings. The van der Waals surface area contributed by atoms with Crippen molar-refractivity contribution in [1.29, 1.82) is 0 Å². The molecule has 1 unspecified atom stereocenters. The number of carbonyl (C=O) groups excluding carboxylic acids is 1. The van der Waals surface area contributed by atoms with Crippen LogP contribution in [0.2, 0.25) is 0 Å². The number of benzene rings is 2. The van der Waals surface area contributed by atoms with E-state index in [1.807, 2.05) is 6.07 Å². The van der Waals surface area contributed by atoms with Gasteiger partial charge in [-0.25, -0.2) is 9.07 Å². The van der Waals surface area contributed by atoms with Gasteiger partial charge in [-0.05, 0) is 51.7 Å². The van der Waals surface area contributed by atoms with Crippen LogP contribution in [0.3, 0.4) is 0 Å². The summed E-state index contributed by atoms with van der Waals surface area (Å²) in [5.74, 6) is 0.0543. The zero-order chi connectivity index (χ0) is 19.5. The normalized spacial score (nSPS) is 13.9. The Balaban J connectivity index is 1.49. The van der Waals surface area contributed by atoms with Crippen LogP contribution in [0.1, 0.15) is 34.1 Å². The van der Waals surface area contributed by atoms with E-state index in [4.69, 9.17) is 0 Å². The van der Waals surface area contributed by atoms with Crippen molar-refractivity contribution in [3.63, 3.8) is 0 Å². The monoisotopic (exact) mass is 380 g/mol. The minimum Gasteiger partial charge on any atom is -0.350 e. The Hall–Kier alpha value is -3.13. The summed E-state index contributed by atoms with van der Waals surface area (Å²) in [5, 5.41) is 17.8. The van der Waals surface area contributed by atoms with E-state index in [2.05, 4.69) is 38.3 Å². The van der Waals surface area contributed by atoms with Gasteiger partial charge >= 0.3 is 0 Å². The number of halogens is 1. The standard InChI is InChI=1S/C20H21FN6O/c1-13-24-25-26-27(13)19(9-14-3-6-18(21)7-4-14)20(28)23-10-15-2-5-16-11-22-12-17(16)8-15/h2-8,19,22H,9-12H2,1H3,(H,23,28). The average molecular weight is 380 g/mol. The molecule has 0 aliphatic carbocycles. The zero-order valence-electron chi connectivity index (χ0n) is 15.5. The smallest absolute Gasteiger partial charge is 0.245 e. The van der Waals surface area contributed by atoms with Gasteiger partial charge < -0.3 is 10.6 Å². The maximum Gasteiger partial charge on any atom is 0.245 e. The number of fused-ring (bicyclic) bond motifs is 1. The van der Waals surface area contributed by atoms with Crippen LogP contribution in [0.4, 0.5) is 4.39 Å². The number of rotatable bonds is 6. The van der Waals surface area contributed by atoms with E-state index < -0.39 is 6.04 Å². The molecule has 2 N–H and O–H groups in total. The molecule has 0 saturated carbocycles. The Morgan fingerprint density at radius 2 is 1.93 bits per heavy atom. The quantitative estimate of drug-likeness (QED) is 0.682. The lowest BCUT2D eigenvalue weighted by atomic mass is 10.0. The maximum absolute atomic E-state index is 13.2. The number of amides is 1. The molecule has 28 heavy (non-hydrogen) atoms. The van der Waals surface area contributed by atoms with Crippen molar-refractivity contribution in [3.8, 4) is 0 Å². The lowest BCUT2D eigenvalue weighted by Crippen LogP contribution is -2.34. The maximum atomic E-state index is 13.2. The number of hydrogen-bond acceptors (Lipinski definition) is 5. The van der Waals surface area contributed by atoms with E-state index in [1.165, 1.54) is 27.9 Å². The fraction of sp³-hybridized carbons (Fsp3) is 0.300. The third-order valence-electron chi connectivity index (χ3n) is 4.97. The summed E-state index contributed by atoms with van der Waals surface area (Å²) in [6.45, 7) is 3.92. The van der Waals surface area contributed by atoms with Gasteiger partial charge in [0, 0.05) is 26.1 Å². The SMILES string of the molecule is Cc1nnnn1C(Cc1ccc(F)cc1)C(=O)NCc1ccc2c(c1)CNC2. The highest BCUT2D eigenvalue weighted by Crippen LogP contribution is 2.18. The van der Waals surface area contributed by atoms with E-state index in [-0.39, 0.29) is 11.7 Å². The van der Waals surface area contributed by atoms with Gasteiger partial charge in [0.25, 0.3) is 0 Å². The van der Waals surface area contributed by atoms with E-state index in [0.717, 1.165) is 24.2 Å². The average Bonchev–Trinajstić information content (AvgIpc) is 3.34. The molecule has 3 aromatic rings. The number of nitrogens with one attached hydrogen (secondary N) is 2. The molecule has 8 heteroatoms. The van der Waals surface area contributed by atoms with E-state index in [9.17, 15) is 9.18 Å². The van der Waals surface area contributed by atoms with E-state index in [1.54, 1.807) is 19.1 Å². The predicted octanol–water partition coefficient (Wildman–Crippen LogP) is 1.82. The second kappa shape index (κ2) is 7.85. The third-order valence-corrected chi connectivity index (χ3v) is 4.97. The van der Waals surface area contributed by atoms with Crippen LogP contribution < -0.4 is 10.6 Å². The second-order valence-electron chi connectivity index (χ2n) is 6.94. The van der Waals surface area contributed by atoms with Crippen molar-refractivity contribution >= 4 is 5.91 Å².